The van der Waals surface area contributed by atoms with Crippen molar-refractivity contribution in [3.8, 4) is 40.1 Å². The summed E-state index contributed by atoms with van der Waals surface area (Å²) >= 11 is 0. The predicted octanol–water partition coefficient (Wildman–Crippen LogP) is -2.62. The van der Waals surface area contributed by atoms with E-state index in [0.29, 0.717) is 0 Å². The highest BCUT2D eigenvalue weighted by Crippen LogP contribution is 2.39. The number of carboxylic acids is 1. The molecular weight excluding hydrogens is 612 g/mol. The number of phenols is 4. The van der Waals surface area contributed by atoms with Crippen molar-refractivity contribution < 1.29 is 84.3 Å². The summed E-state index contributed by atoms with van der Waals surface area (Å²) in [5, 5.41) is 111. The van der Waals surface area contributed by atoms with Gasteiger partial charge in [-0.2, -0.15) is 0 Å². The molecule has 18 nitrogen and oxygen atoms in total. The van der Waals surface area contributed by atoms with E-state index in [0.717, 1.165) is 24.3 Å². The highest BCUT2D eigenvalue weighted by Gasteiger charge is 2.52. The Hall–Kier alpha value is -4.24. The molecule has 0 amide bonds. The minimum absolute atomic E-state index is 0.0786. The van der Waals surface area contributed by atoms with Crippen LogP contribution in [0.2, 0.25) is 0 Å². The molecular formula is C27H28O18. The van der Waals surface area contributed by atoms with E-state index in [1.807, 2.05) is 0 Å². The molecule has 10 atom stereocenters. The molecule has 45 heavy (non-hydrogen) atoms. The van der Waals surface area contributed by atoms with Crippen molar-refractivity contribution >= 4 is 16.9 Å². The van der Waals surface area contributed by atoms with Gasteiger partial charge in [0, 0.05) is 17.7 Å². The fourth-order valence-corrected chi connectivity index (χ4v) is 4.98. The molecule has 0 radical (unpaired) electrons. The van der Waals surface area contributed by atoms with Gasteiger partial charge in [-0.05, 0) is 18.2 Å². The summed E-state index contributed by atoms with van der Waals surface area (Å²) in [5.41, 5.74) is -1.49. The van der Waals surface area contributed by atoms with Gasteiger partial charge in [-0.15, -0.1) is 0 Å². The maximum atomic E-state index is 13.6. The number of carboxylic acid groups (broad SMARTS) is 1. The van der Waals surface area contributed by atoms with Gasteiger partial charge in [-0.1, -0.05) is 0 Å². The van der Waals surface area contributed by atoms with Crippen LogP contribution in [0.3, 0.4) is 0 Å². The number of aliphatic hydroxyl groups excluding tert-OH is 6. The largest absolute Gasteiger partial charge is 0.508 e. The van der Waals surface area contributed by atoms with Gasteiger partial charge in [0.2, 0.25) is 17.5 Å². The zero-order chi connectivity index (χ0) is 32.9. The van der Waals surface area contributed by atoms with Gasteiger partial charge in [0.25, 0.3) is 0 Å². The summed E-state index contributed by atoms with van der Waals surface area (Å²) < 4.78 is 27.3. The number of aliphatic carboxylic acids is 1. The van der Waals surface area contributed by atoms with Crippen LogP contribution in [0.5, 0.6) is 28.7 Å². The van der Waals surface area contributed by atoms with Crippen LogP contribution in [0.15, 0.2) is 39.5 Å². The number of aliphatic hydroxyl groups is 6. The molecule has 2 fully saturated rings. The van der Waals surface area contributed by atoms with Crippen molar-refractivity contribution in [2.75, 3.05) is 6.61 Å². The second-order valence-electron chi connectivity index (χ2n) is 10.3. The number of aromatic hydroxyl groups is 4. The Balaban J connectivity index is 1.49. The van der Waals surface area contributed by atoms with E-state index in [-0.39, 0.29) is 11.1 Å². The maximum Gasteiger partial charge on any atom is 0.335 e. The minimum Gasteiger partial charge on any atom is -0.508 e. The molecule has 1 aromatic heterocycles. The Kier molecular flexibility index (Phi) is 8.77. The molecule has 2 aromatic carbocycles. The van der Waals surface area contributed by atoms with Gasteiger partial charge in [-0.3, -0.25) is 4.79 Å². The van der Waals surface area contributed by atoms with Crippen molar-refractivity contribution in [1.29, 1.82) is 0 Å². The van der Waals surface area contributed by atoms with Crippen molar-refractivity contribution in [3.63, 3.8) is 0 Å². The van der Waals surface area contributed by atoms with Gasteiger partial charge in [0.15, 0.2) is 29.7 Å². The summed E-state index contributed by atoms with van der Waals surface area (Å²) in [6, 6.07) is 5.06. The lowest BCUT2D eigenvalue weighted by atomic mass is 9.97. The van der Waals surface area contributed by atoms with Crippen LogP contribution in [0.25, 0.3) is 22.3 Å². The van der Waals surface area contributed by atoms with Crippen LogP contribution in [0.4, 0.5) is 0 Å². The number of hydrogen-bond acceptors (Lipinski definition) is 17. The number of benzene rings is 2. The van der Waals surface area contributed by atoms with Crippen molar-refractivity contribution in [1.82, 2.24) is 0 Å². The van der Waals surface area contributed by atoms with Crippen LogP contribution in [-0.2, 0) is 19.0 Å². The molecule has 244 valence electrons. The fourth-order valence-electron chi connectivity index (χ4n) is 4.98. The molecule has 0 spiro atoms. The molecule has 0 unspecified atom stereocenters. The molecule has 3 aromatic rings. The summed E-state index contributed by atoms with van der Waals surface area (Å²) in [5.74, 6) is -5.31. The molecule has 2 saturated heterocycles. The first-order chi connectivity index (χ1) is 21.2. The highest BCUT2D eigenvalue weighted by molar-refractivity contribution is 5.88. The van der Waals surface area contributed by atoms with Crippen molar-refractivity contribution in [3.05, 3.63) is 40.6 Å². The van der Waals surface area contributed by atoms with Crippen LogP contribution in [-0.4, -0.2) is 130 Å². The van der Waals surface area contributed by atoms with E-state index >= 15 is 0 Å². The molecule has 11 N–H and O–H groups in total. The van der Waals surface area contributed by atoms with Crippen LogP contribution >= 0.6 is 0 Å². The monoisotopic (exact) mass is 640 g/mol. The minimum atomic E-state index is -2.12. The molecule has 2 aliphatic heterocycles. The third kappa shape index (κ3) is 5.81. The van der Waals surface area contributed by atoms with Crippen LogP contribution in [0.1, 0.15) is 0 Å². The lowest BCUT2D eigenvalue weighted by molar-refractivity contribution is -0.348. The smallest absolute Gasteiger partial charge is 0.335 e. The van der Waals surface area contributed by atoms with E-state index in [2.05, 4.69) is 0 Å². The quantitative estimate of drug-likeness (QED) is 0.118. The Morgan fingerprint density at radius 3 is 2.13 bits per heavy atom. The number of carbonyl (C=O) groups is 1. The first-order valence-corrected chi connectivity index (χ1v) is 13.2. The zero-order valence-corrected chi connectivity index (χ0v) is 22.6. The Bertz CT molecular complexity index is 1640. The fraction of sp³-hybridized carbons (Fsp3) is 0.407. The van der Waals surface area contributed by atoms with Gasteiger partial charge in [0.1, 0.15) is 65.2 Å². The number of hydrogen-bond donors (Lipinski definition) is 11. The average Bonchev–Trinajstić information content (AvgIpc) is 2.98. The predicted molar refractivity (Wildman–Crippen MR) is 142 cm³/mol. The van der Waals surface area contributed by atoms with E-state index in [1.54, 1.807) is 0 Å². The topological polar surface area (TPSA) is 307 Å². The molecule has 5 rings (SSSR count). The van der Waals surface area contributed by atoms with E-state index in [1.165, 1.54) is 6.07 Å². The van der Waals surface area contributed by atoms with Gasteiger partial charge in [-0.25, -0.2) is 4.79 Å². The molecule has 2 aliphatic rings. The van der Waals surface area contributed by atoms with Crippen LogP contribution in [0, 0.1) is 0 Å². The SMILES string of the molecule is O=C(O)[C@H]1O[C@@H](O[C@H]2[C@H](O)[C@@H](O)[C@H](Oc3c(-c4ccc(O)c(O)c4)oc4cc(O)cc(O)c4c3=O)O[C@@H]2CO)[C@H](O)[C@@H](O)[C@@H]1O. The summed E-state index contributed by atoms with van der Waals surface area (Å²) in [6.07, 6.45) is -19.8. The zero-order valence-electron chi connectivity index (χ0n) is 22.6. The molecule has 0 saturated carbocycles. The Labute approximate surface area is 250 Å². The number of ether oxygens (including phenoxy) is 4. The van der Waals surface area contributed by atoms with Gasteiger partial charge >= 0.3 is 5.97 Å². The first kappa shape index (κ1) is 32.2. The maximum absolute atomic E-state index is 13.6. The van der Waals surface area contributed by atoms with E-state index in [4.69, 9.17) is 23.4 Å². The first-order valence-electron chi connectivity index (χ1n) is 13.2. The summed E-state index contributed by atoms with van der Waals surface area (Å²) in [7, 11) is 0. The number of fused-ring (bicyclic) bond motifs is 1. The molecule has 18 heteroatoms. The average molecular weight is 641 g/mol. The second-order valence-corrected chi connectivity index (χ2v) is 10.3. The normalized spacial score (nSPS) is 32.0. The number of rotatable bonds is 7. The van der Waals surface area contributed by atoms with E-state index < -0.39 is 119 Å². The van der Waals surface area contributed by atoms with Crippen LogP contribution < -0.4 is 10.2 Å². The summed E-state index contributed by atoms with van der Waals surface area (Å²) in [4.78, 5) is 25.0. The lowest BCUT2D eigenvalue weighted by Crippen LogP contribution is -2.65. The van der Waals surface area contributed by atoms with Gasteiger partial charge in [0.05, 0.1) is 6.61 Å². The standard InChI is InChI=1S/C27H28O18/c28-6-13-22(43-27-19(37)16(34)17(35)24(45-27)25(39)40)18(36)20(38)26(42-13)44-23-15(33)14-11(32)4-8(29)5-12(14)41-21(23)7-1-2-9(30)10(31)3-7/h1-5,13,16-20,22,24,26-32,34-38H,6H2,(H,39,40)/t13-,16+,17+,18-,19-,20-,22-,24+,26+,27-/m1/s1. The molecule has 0 bridgehead atoms. The second kappa shape index (κ2) is 12.3. The lowest BCUT2D eigenvalue weighted by Gasteiger charge is -2.45. The van der Waals surface area contributed by atoms with Gasteiger partial charge < -0.3 is 79.5 Å². The number of phenolic OH excluding ortho intramolecular Hbond substituents is 4. The molecule has 3 heterocycles. The van der Waals surface area contributed by atoms with E-state index in [9.17, 15) is 65.8 Å². The Morgan fingerprint density at radius 2 is 1.49 bits per heavy atom. The highest BCUT2D eigenvalue weighted by atomic mass is 16.7. The summed E-state index contributed by atoms with van der Waals surface area (Å²) in [6.45, 7) is -0.963. The third-order valence-corrected chi connectivity index (χ3v) is 7.31. The third-order valence-electron chi connectivity index (χ3n) is 7.31. The van der Waals surface area contributed by atoms with Crippen molar-refractivity contribution in [2.45, 2.75) is 61.4 Å². The molecule has 0 aliphatic carbocycles. The van der Waals surface area contributed by atoms with Crippen molar-refractivity contribution in [2.24, 2.45) is 0 Å². The Morgan fingerprint density at radius 1 is 0.800 bits per heavy atom.